The molecular weight excluding hydrogens is 364 g/mol. The Labute approximate surface area is 162 Å². The molecule has 1 amide bonds. The van der Waals surface area contributed by atoms with Crippen LogP contribution in [0.15, 0.2) is 49.1 Å². The van der Waals surface area contributed by atoms with E-state index >= 15 is 0 Å². The lowest BCUT2D eigenvalue weighted by Crippen LogP contribution is -2.36. The minimum atomic E-state index is -0.289. The van der Waals surface area contributed by atoms with E-state index < -0.39 is 0 Å². The molecule has 1 aliphatic rings. The molecule has 1 saturated carbocycles. The number of amides is 1. The number of aromatic nitrogens is 5. The number of hydrogen-bond acceptors (Lipinski definition) is 5. The third-order valence-corrected chi connectivity index (χ3v) is 4.88. The Morgan fingerprint density at radius 2 is 2.04 bits per heavy atom. The van der Waals surface area contributed by atoms with Gasteiger partial charge in [-0.1, -0.05) is 17.7 Å². The van der Waals surface area contributed by atoms with Crippen molar-refractivity contribution in [3.8, 4) is 5.95 Å². The van der Waals surface area contributed by atoms with Gasteiger partial charge < -0.3 is 4.90 Å². The second-order valence-corrected chi connectivity index (χ2v) is 7.10. The summed E-state index contributed by atoms with van der Waals surface area (Å²) >= 11 is 6.08. The van der Waals surface area contributed by atoms with Gasteiger partial charge in [0.25, 0.3) is 11.9 Å². The van der Waals surface area contributed by atoms with E-state index in [1.165, 1.54) is 6.33 Å². The second-order valence-electron chi connectivity index (χ2n) is 6.67. The summed E-state index contributed by atoms with van der Waals surface area (Å²) in [4.78, 5) is 27.9. The van der Waals surface area contributed by atoms with Crippen LogP contribution in [0.2, 0.25) is 5.02 Å². The lowest BCUT2D eigenvalue weighted by molar-refractivity contribution is 0.0670. The predicted molar refractivity (Wildman–Crippen MR) is 101 cm³/mol. The van der Waals surface area contributed by atoms with Gasteiger partial charge in [0.2, 0.25) is 0 Å². The number of rotatable bonds is 6. The van der Waals surface area contributed by atoms with Gasteiger partial charge in [-0.2, -0.15) is 9.78 Å². The van der Waals surface area contributed by atoms with E-state index in [1.54, 1.807) is 47.4 Å². The minimum absolute atomic E-state index is 0.0690. The standard InChI is InChI=1S/C19H19ClN6O/c1-13(17-23-12-24-26(17)19-21-8-3-9-22-19)25(11-14-6-7-14)18(27)15-4-2-5-16(20)10-15/h2-5,8-10,12-14H,6-7,11H2,1H3. The van der Waals surface area contributed by atoms with Crippen molar-refractivity contribution in [1.29, 1.82) is 0 Å². The number of halogens is 1. The van der Waals surface area contributed by atoms with Crippen molar-refractivity contribution in [2.45, 2.75) is 25.8 Å². The molecule has 3 aromatic rings. The molecule has 0 aliphatic heterocycles. The van der Waals surface area contributed by atoms with Crippen LogP contribution in [0.1, 0.15) is 42.0 Å². The largest absolute Gasteiger partial charge is 0.328 e. The summed E-state index contributed by atoms with van der Waals surface area (Å²) in [5, 5.41) is 4.79. The van der Waals surface area contributed by atoms with Crippen LogP contribution in [0.5, 0.6) is 0 Å². The summed E-state index contributed by atoms with van der Waals surface area (Å²) in [6.07, 6.45) is 7.04. The van der Waals surface area contributed by atoms with Crippen molar-refractivity contribution in [2.24, 2.45) is 5.92 Å². The molecule has 4 rings (SSSR count). The van der Waals surface area contributed by atoms with Crippen LogP contribution >= 0.6 is 11.6 Å². The average molecular weight is 383 g/mol. The van der Waals surface area contributed by atoms with Gasteiger partial charge in [0.05, 0.1) is 6.04 Å². The third kappa shape index (κ3) is 3.83. The van der Waals surface area contributed by atoms with E-state index in [4.69, 9.17) is 11.6 Å². The van der Waals surface area contributed by atoms with Gasteiger partial charge in [0, 0.05) is 29.5 Å². The first-order chi connectivity index (χ1) is 13.1. The maximum absolute atomic E-state index is 13.2. The number of nitrogens with zero attached hydrogens (tertiary/aromatic N) is 6. The summed E-state index contributed by atoms with van der Waals surface area (Å²) in [6, 6.07) is 8.48. The summed E-state index contributed by atoms with van der Waals surface area (Å²) in [7, 11) is 0. The maximum Gasteiger partial charge on any atom is 0.254 e. The number of hydrogen-bond donors (Lipinski definition) is 0. The van der Waals surface area contributed by atoms with E-state index in [2.05, 4.69) is 20.1 Å². The molecule has 1 unspecified atom stereocenters. The zero-order valence-electron chi connectivity index (χ0n) is 14.9. The van der Waals surface area contributed by atoms with Gasteiger partial charge in [-0.15, -0.1) is 0 Å². The highest BCUT2D eigenvalue weighted by Crippen LogP contribution is 2.33. The van der Waals surface area contributed by atoms with Gasteiger partial charge in [-0.05, 0) is 49.9 Å². The Morgan fingerprint density at radius 1 is 1.26 bits per heavy atom. The third-order valence-electron chi connectivity index (χ3n) is 4.64. The molecule has 0 bridgehead atoms. The lowest BCUT2D eigenvalue weighted by atomic mass is 10.1. The summed E-state index contributed by atoms with van der Waals surface area (Å²) in [6.45, 7) is 2.63. The van der Waals surface area contributed by atoms with Crippen molar-refractivity contribution in [2.75, 3.05) is 6.54 Å². The zero-order valence-corrected chi connectivity index (χ0v) is 15.6. The van der Waals surface area contributed by atoms with E-state index in [0.717, 1.165) is 12.8 Å². The van der Waals surface area contributed by atoms with Crippen LogP contribution in [0.25, 0.3) is 5.95 Å². The molecule has 8 heteroatoms. The maximum atomic E-state index is 13.2. The van der Waals surface area contributed by atoms with Crippen molar-refractivity contribution in [1.82, 2.24) is 29.6 Å². The summed E-state index contributed by atoms with van der Waals surface area (Å²) in [5.41, 5.74) is 0.567. The van der Waals surface area contributed by atoms with Gasteiger partial charge in [0.1, 0.15) is 6.33 Å². The first-order valence-corrected chi connectivity index (χ1v) is 9.25. The fourth-order valence-electron chi connectivity index (χ4n) is 3.01. The van der Waals surface area contributed by atoms with E-state index in [1.807, 2.05) is 11.8 Å². The zero-order chi connectivity index (χ0) is 18.8. The molecule has 2 aromatic heterocycles. The van der Waals surface area contributed by atoms with Crippen LogP contribution in [0.3, 0.4) is 0 Å². The molecule has 1 atom stereocenters. The van der Waals surface area contributed by atoms with Crippen LogP contribution in [0.4, 0.5) is 0 Å². The van der Waals surface area contributed by atoms with Gasteiger partial charge >= 0.3 is 0 Å². The van der Waals surface area contributed by atoms with Crippen molar-refractivity contribution in [3.05, 3.63) is 65.5 Å². The number of benzene rings is 1. The quantitative estimate of drug-likeness (QED) is 0.653. The number of carbonyl (C=O) groups is 1. The molecule has 1 aromatic carbocycles. The highest BCUT2D eigenvalue weighted by Gasteiger charge is 2.33. The highest BCUT2D eigenvalue weighted by molar-refractivity contribution is 6.30. The van der Waals surface area contributed by atoms with Gasteiger partial charge in [0.15, 0.2) is 5.82 Å². The molecule has 0 saturated heterocycles. The molecule has 0 N–H and O–H groups in total. The molecule has 138 valence electrons. The smallest absolute Gasteiger partial charge is 0.254 e. The topological polar surface area (TPSA) is 76.8 Å². The van der Waals surface area contributed by atoms with E-state index in [0.29, 0.717) is 34.8 Å². The molecular formula is C19H19ClN6O. The summed E-state index contributed by atoms with van der Waals surface area (Å²) < 4.78 is 1.58. The van der Waals surface area contributed by atoms with Crippen molar-refractivity contribution >= 4 is 17.5 Å². The Bertz CT molecular complexity index is 940. The van der Waals surface area contributed by atoms with Crippen LogP contribution < -0.4 is 0 Å². The molecule has 7 nitrogen and oxygen atoms in total. The normalized spacial score (nSPS) is 14.7. The average Bonchev–Trinajstić information content (AvgIpc) is 3.38. The minimum Gasteiger partial charge on any atom is -0.328 e. The summed E-state index contributed by atoms with van der Waals surface area (Å²) in [5.74, 6) is 1.51. The monoisotopic (exact) mass is 382 g/mol. The molecule has 1 aliphatic carbocycles. The Morgan fingerprint density at radius 3 is 2.74 bits per heavy atom. The first-order valence-electron chi connectivity index (χ1n) is 8.87. The highest BCUT2D eigenvalue weighted by atomic mass is 35.5. The fraction of sp³-hybridized carbons (Fsp3) is 0.316. The van der Waals surface area contributed by atoms with Gasteiger partial charge in [-0.25, -0.2) is 15.0 Å². The van der Waals surface area contributed by atoms with Crippen molar-refractivity contribution in [3.63, 3.8) is 0 Å². The SMILES string of the molecule is CC(c1ncnn1-c1ncccn1)N(CC1CC1)C(=O)c1cccc(Cl)c1. The molecule has 1 fully saturated rings. The Kier molecular flexibility index (Phi) is 4.85. The van der Waals surface area contributed by atoms with E-state index in [-0.39, 0.29) is 11.9 Å². The Hall–Kier alpha value is -2.80. The van der Waals surface area contributed by atoms with E-state index in [9.17, 15) is 4.79 Å². The molecule has 0 spiro atoms. The van der Waals surface area contributed by atoms with Crippen LogP contribution in [0, 0.1) is 5.92 Å². The molecule has 27 heavy (non-hydrogen) atoms. The predicted octanol–water partition coefficient (Wildman–Crippen LogP) is 3.32. The molecule has 2 heterocycles. The van der Waals surface area contributed by atoms with Crippen LogP contribution in [-0.2, 0) is 0 Å². The second kappa shape index (κ2) is 7.44. The fourth-order valence-corrected chi connectivity index (χ4v) is 3.20. The Balaban J connectivity index is 1.67. The first kappa shape index (κ1) is 17.6. The van der Waals surface area contributed by atoms with Crippen molar-refractivity contribution < 1.29 is 4.79 Å². The molecule has 0 radical (unpaired) electrons. The number of carbonyl (C=O) groups excluding carboxylic acids is 1. The lowest BCUT2D eigenvalue weighted by Gasteiger charge is -2.29. The van der Waals surface area contributed by atoms with Crippen LogP contribution in [-0.4, -0.2) is 42.1 Å². The van der Waals surface area contributed by atoms with Gasteiger partial charge in [-0.3, -0.25) is 4.79 Å².